The zero-order chi connectivity index (χ0) is 25.7. The van der Waals surface area contributed by atoms with Gasteiger partial charge in [-0.15, -0.1) is 0 Å². The molecule has 7 nitrogen and oxygen atoms in total. The zero-order valence-electron chi connectivity index (χ0n) is 19.7. The van der Waals surface area contributed by atoms with Gasteiger partial charge in [-0.05, 0) is 61.7 Å². The summed E-state index contributed by atoms with van der Waals surface area (Å²) in [6.07, 6.45) is -1.72. The first-order valence-corrected chi connectivity index (χ1v) is 12.0. The molecular weight excluding hydrogens is 471 g/mol. The Morgan fingerprint density at radius 3 is 2.42 bits per heavy atom. The van der Waals surface area contributed by atoms with Crippen LogP contribution in [0.25, 0.3) is 0 Å². The van der Waals surface area contributed by atoms with Crippen molar-refractivity contribution in [2.45, 2.75) is 37.5 Å². The molecule has 0 aliphatic carbocycles. The molecule has 1 atom stereocenters. The second-order valence-corrected chi connectivity index (χ2v) is 9.19. The first-order chi connectivity index (χ1) is 17.2. The summed E-state index contributed by atoms with van der Waals surface area (Å²) in [5.41, 5.74) is 0.714. The number of alkyl halides is 3. The minimum absolute atomic E-state index is 0.0282. The SMILES string of the molecule is N#Cc1ccc(N2CCC(N3CCC(NC(=O)CNC(=O)c4cccc(C(F)(F)F)c4)C3)CC2)cc1. The first kappa shape index (κ1) is 25.5. The van der Waals surface area contributed by atoms with Crippen molar-refractivity contribution in [1.29, 1.82) is 5.26 Å². The fraction of sp³-hybridized carbons (Fsp3) is 0.423. The Hall–Kier alpha value is -3.58. The van der Waals surface area contributed by atoms with Crippen molar-refractivity contribution in [3.05, 3.63) is 65.2 Å². The lowest BCUT2D eigenvalue weighted by Crippen LogP contribution is -2.46. The normalized spacial score (nSPS) is 19.1. The third-order valence-electron chi connectivity index (χ3n) is 6.79. The number of hydrogen-bond acceptors (Lipinski definition) is 5. The van der Waals surface area contributed by atoms with E-state index in [1.165, 1.54) is 12.1 Å². The lowest BCUT2D eigenvalue weighted by molar-refractivity contribution is -0.137. The molecule has 2 aliphatic rings. The van der Waals surface area contributed by atoms with E-state index in [-0.39, 0.29) is 24.1 Å². The Morgan fingerprint density at radius 1 is 1.03 bits per heavy atom. The molecule has 10 heteroatoms. The van der Waals surface area contributed by atoms with Crippen LogP contribution in [0.4, 0.5) is 18.9 Å². The van der Waals surface area contributed by atoms with Crippen LogP contribution in [-0.4, -0.2) is 61.5 Å². The van der Waals surface area contributed by atoms with Gasteiger partial charge in [-0.25, -0.2) is 0 Å². The molecule has 4 rings (SSSR count). The maximum absolute atomic E-state index is 12.8. The third-order valence-corrected chi connectivity index (χ3v) is 6.79. The van der Waals surface area contributed by atoms with Crippen molar-refractivity contribution < 1.29 is 22.8 Å². The molecule has 36 heavy (non-hydrogen) atoms. The van der Waals surface area contributed by atoms with Crippen LogP contribution in [0.2, 0.25) is 0 Å². The quantitative estimate of drug-likeness (QED) is 0.638. The van der Waals surface area contributed by atoms with Gasteiger partial charge in [0.2, 0.25) is 5.91 Å². The minimum Gasteiger partial charge on any atom is -0.371 e. The van der Waals surface area contributed by atoms with Crippen LogP contribution in [0.15, 0.2) is 48.5 Å². The van der Waals surface area contributed by atoms with Gasteiger partial charge < -0.3 is 15.5 Å². The number of carbonyl (C=O) groups is 2. The summed E-state index contributed by atoms with van der Waals surface area (Å²) in [6, 6.07) is 14.3. The summed E-state index contributed by atoms with van der Waals surface area (Å²) in [5.74, 6) is -1.09. The number of nitrogens with zero attached hydrogens (tertiary/aromatic N) is 3. The molecule has 1 unspecified atom stereocenters. The van der Waals surface area contributed by atoms with Gasteiger partial charge in [0, 0.05) is 49.5 Å². The highest BCUT2D eigenvalue weighted by molar-refractivity contribution is 5.96. The van der Waals surface area contributed by atoms with E-state index in [1.807, 2.05) is 24.3 Å². The van der Waals surface area contributed by atoms with Crippen LogP contribution in [0.5, 0.6) is 0 Å². The summed E-state index contributed by atoms with van der Waals surface area (Å²) >= 11 is 0. The molecule has 2 N–H and O–H groups in total. The molecule has 0 spiro atoms. The Balaban J connectivity index is 1.19. The molecule has 2 fully saturated rings. The molecular formula is C26H28F3N5O2. The molecule has 2 aliphatic heterocycles. The summed E-state index contributed by atoms with van der Waals surface area (Å²) in [5, 5.41) is 14.3. The highest BCUT2D eigenvalue weighted by Gasteiger charge is 2.32. The van der Waals surface area contributed by atoms with Crippen LogP contribution in [0, 0.1) is 11.3 Å². The highest BCUT2D eigenvalue weighted by Crippen LogP contribution is 2.29. The van der Waals surface area contributed by atoms with Crippen molar-refractivity contribution in [2.24, 2.45) is 0 Å². The smallest absolute Gasteiger partial charge is 0.371 e. The fourth-order valence-corrected chi connectivity index (χ4v) is 4.85. The molecule has 2 aromatic carbocycles. The molecule has 2 amide bonds. The molecule has 2 saturated heterocycles. The fourth-order valence-electron chi connectivity index (χ4n) is 4.85. The van der Waals surface area contributed by atoms with Crippen LogP contribution >= 0.6 is 0 Å². The van der Waals surface area contributed by atoms with E-state index >= 15 is 0 Å². The number of nitriles is 1. The summed E-state index contributed by atoms with van der Waals surface area (Å²) in [7, 11) is 0. The minimum atomic E-state index is -4.54. The zero-order valence-corrected chi connectivity index (χ0v) is 19.7. The van der Waals surface area contributed by atoms with E-state index in [9.17, 15) is 22.8 Å². The molecule has 0 radical (unpaired) electrons. The molecule has 190 valence electrons. The number of anilines is 1. The molecule has 2 aromatic rings. The number of amides is 2. The van der Waals surface area contributed by atoms with Crippen molar-refractivity contribution >= 4 is 17.5 Å². The van der Waals surface area contributed by atoms with Gasteiger partial charge in [-0.3, -0.25) is 14.5 Å². The van der Waals surface area contributed by atoms with Gasteiger partial charge >= 0.3 is 6.18 Å². The van der Waals surface area contributed by atoms with Crippen molar-refractivity contribution in [2.75, 3.05) is 37.6 Å². The van der Waals surface area contributed by atoms with Crippen LogP contribution in [0.1, 0.15) is 40.7 Å². The van der Waals surface area contributed by atoms with Crippen molar-refractivity contribution in [3.63, 3.8) is 0 Å². The lowest BCUT2D eigenvalue weighted by atomic mass is 10.0. The van der Waals surface area contributed by atoms with Gasteiger partial charge in [0.15, 0.2) is 0 Å². The van der Waals surface area contributed by atoms with E-state index in [0.717, 1.165) is 63.3 Å². The molecule has 0 bridgehead atoms. The van der Waals surface area contributed by atoms with Gasteiger partial charge in [0.25, 0.3) is 5.91 Å². The van der Waals surface area contributed by atoms with E-state index < -0.39 is 17.6 Å². The van der Waals surface area contributed by atoms with Crippen LogP contribution in [-0.2, 0) is 11.0 Å². The standard InChI is InChI=1S/C26H28F3N5O2/c27-26(28,29)20-3-1-2-19(14-20)25(36)31-16-24(35)32-21-8-11-34(17-21)23-9-12-33(13-10-23)22-6-4-18(15-30)5-7-22/h1-7,14,21,23H,8-13,16-17H2,(H,31,36)(H,32,35). The lowest BCUT2D eigenvalue weighted by Gasteiger charge is -2.38. The maximum atomic E-state index is 12.8. The number of benzene rings is 2. The summed E-state index contributed by atoms with van der Waals surface area (Å²) < 4.78 is 38.5. The number of halogens is 3. The van der Waals surface area contributed by atoms with Gasteiger partial charge in [-0.1, -0.05) is 6.07 Å². The Labute approximate surface area is 207 Å². The predicted molar refractivity (Wildman–Crippen MR) is 128 cm³/mol. The number of rotatable bonds is 6. The largest absolute Gasteiger partial charge is 0.416 e. The number of hydrogen-bond donors (Lipinski definition) is 2. The van der Waals surface area contributed by atoms with Gasteiger partial charge in [0.05, 0.1) is 23.7 Å². The van der Waals surface area contributed by atoms with E-state index in [4.69, 9.17) is 5.26 Å². The van der Waals surface area contributed by atoms with E-state index in [2.05, 4.69) is 26.5 Å². The van der Waals surface area contributed by atoms with Crippen LogP contribution in [0.3, 0.4) is 0 Å². The monoisotopic (exact) mass is 499 g/mol. The Bertz CT molecular complexity index is 1120. The van der Waals surface area contributed by atoms with Crippen molar-refractivity contribution in [1.82, 2.24) is 15.5 Å². The Morgan fingerprint density at radius 2 is 1.75 bits per heavy atom. The second kappa shape index (κ2) is 11.0. The van der Waals surface area contributed by atoms with Gasteiger partial charge in [-0.2, -0.15) is 18.4 Å². The number of piperidine rings is 1. The van der Waals surface area contributed by atoms with E-state index in [0.29, 0.717) is 11.6 Å². The third kappa shape index (κ3) is 6.34. The molecule has 2 heterocycles. The van der Waals surface area contributed by atoms with Crippen LogP contribution < -0.4 is 15.5 Å². The van der Waals surface area contributed by atoms with Gasteiger partial charge in [0.1, 0.15) is 0 Å². The average Bonchev–Trinajstić information content (AvgIpc) is 3.35. The average molecular weight is 500 g/mol. The number of carbonyl (C=O) groups excluding carboxylic acids is 2. The topological polar surface area (TPSA) is 88.5 Å². The number of likely N-dealkylation sites (tertiary alicyclic amines) is 1. The Kier molecular flexibility index (Phi) is 7.79. The molecule has 0 aromatic heterocycles. The predicted octanol–water partition coefficient (Wildman–Crippen LogP) is 3.17. The maximum Gasteiger partial charge on any atom is 0.416 e. The number of nitrogens with one attached hydrogen (secondary N) is 2. The second-order valence-electron chi connectivity index (χ2n) is 9.19. The van der Waals surface area contributed by atoms with Crippen molar-refractivity contribution in [3.8, 4) is 6.07 Å². The summed E-state index contributed by atoms with van der Waals surface area (Å²) in [6.45, 7) is 3.16. The first-order valence-electron chi connectivity index (χ1n) is 12.0. The summed E-state index contributed by atoms with van der Waals surface area (Å²) in [4.78, 5) is 29.2. The van der Waals surface area contributed by atoms with E-state index in [1.54, 1.807) is 0 Å². The molecule has 0 saturated carbocycles. The highest BCUT2D eigenvalue weighted by atomic mass is 19.4.